The Balaban J connectivity index is 1.81. The van der Waals surface area contributed by atoms with E-state index in [2.05, 4.69) is 24.8 Å². The van der Waals surface area contributed by atoms with E-state index in [9.17, 15) is 0 Å². The van der Waals surface area contributed by atoms with Crippen LogP contribution in [-0.4, -0.2) is 6.61 Å². The Kier molecular flexibility index (Phi) is 5.46. The third-order valence-corrected chi connectivity index (χ3v) is 3.80. The molecule has 1 atom stereocenters. The highest BCUT2D eigenvalue weighted by molar-refractivity contribution is 5.39. The van der Waals surface area contributed by atoms with Gasteiger partial charge in [-0.2, -0.15) is 0 Å². The van der Waals surface area contributed by atoms with Gasteiger partial charge in [0, 0.05) is 6.04 Å². The van der Waals surface area contributed by atoms with Crippen LogP contribution in [0, 0.1) is 0 Å². The van der Waals surface area contributed by atoms with E-state index in [1.54, 1.807) is 0 Å². The fraction of sp³-hybridized carbons (Fsp3) is 0.529. The first kappa shape index (κ1) is 14.1. The second-order valence-corrected chi connectivity index (χ2v) is 5.35. The zero-order chi connectivity index (χ0) is 13.5. The number of ether oxygens (including phenoxy) is 1. The molecule has 0 aromatic heterocycles. The van der Waals surface area contributed by atoms with E-state index in [4.69, 9.17) is 10.5 Å². The molecular weight excluding hydrogens is 234 g/mol. The number of benzene rings is 1. The molecule has 1 aromatic rings. The van der Waals surface area contributed by atoms with Gasteiger partial charge in [-0.05, 0) is 68.2 Å². The van der Waals surface area contributed by atoms with Gasteiger partial charge in [-0.15, -0.1) is 6.58 Å². The second kappa shape index (κ2) is 7.34. The highest BCUT2D eigenvalue weighted by Crippen LogP contribution is 2.30. The van der Waals surface area contributed by atoms with Crippen molar-refractivity contribution < 1.29 is 4.74 Å². The molecule has 2 rings (SSSR count). The van der Waals surface area contributed by atoms with Crippen molar-refractivity contribution in [3.63, 3.8) is 0 Å². The summed E-state index contributed by atoms with van der Waals surface area (Å²) in [5.74, 6) is 0.972. The minimum absolute atomic E-state index is 0.194. The Morgan fingerprint density at radius 3 is 3.05 bits per heavy atom. The molecule has 1 aromatic carbocycles. The fourth-order valence-corrected chi connectivity index (χ4v) is 2.66. The molecule has 0 fully saturated rings. The number of fused-ring (bicyclic) bond motifs is 1. The quantitative estimate of drug-likeness (QED) is 0.590. The molecule has 19 heavy (non-hydrogen) atoms. The summed E-state index contributed by atoms with van der Waals surface area (Å²) in [6.45, 7) is 4.53. The van der Waals surface area contributed by atoms with Gasteiger partial charge >= 0.3 is 0 Å². The average molecular weight is 259 g/mol. The van der Waals surface area contributed by atoms with Crippen LogP contribution in [0.3, 0.4) is 0 Å². The first-order valence-corrected chi connectivity index (χ1v) is 7.43. The fourth-order valence-electron chi connectivity index (χ4n) is 2.66. The molecule has 0 radical (unpaired) electrons. The summed E-state index contributed by atoms with van der Waals surface area (Å²) in [6.07, 6.45) is 10.1. The van der Waals surface area contributed by atoms with Crippen LogP contribution in [0.15, 0.2) is 30.9 Å². The molecule has 2 N–H and O–H groups in total. The van der Waals surface area contributed by atoms with Crippen LogP contribution in [0.1, 0.15) is 55.7 Å². The topological polar surface area (TPSA) is 35.2 Å². The van der Waals surface area contributed by atoms with Crippen LogP contribution in [0.4, 0.5) is 0 Å². The summed E-state index contributed by atoms with van der Waals surface area (Å²) in [7, 11) is 0. The van der Waals surface area contributed by atoms with Gasteiger partial charge in [0.25, 0.3) is 0 Å². The minimum atomic E-state index is 0.194. The first-order valence-electron chi connectivity index (χ1n) is 7.43. The van der Waals surface area contributed by atoms with E-state index in [1.807, 2.05) is 6.08 Å². The van der Waals surface area contributed by atoms with Gasteiger partial charge in [-0.25, -0.2) is 0 Å². The van der Waals surface area contributed by atoms with Gasteiger partial charge in [-0.3, -0.25) is 0 Å². The van der Waals surface area contributed by atoms with Crippen LogP contribution in [0.25, 0.3) is 0 Å². The van der Waals surface area contributed by atoms with Gasteiger partial charge in [0.2, 0.25) is 0 Å². The molecule has 1 aliphatic rings. The lowest BCUT2D eigenvalue weighted by Gasteiger charge is -2.22. The Morgan fingerprint density at radius 1 is 1.32 bits per heavy atom. The predicted molar refractivity (Wildman–Crippen MR) is 80.5 cm³/mol. The number of aryl methyl sites for hydroxylation is 1. The summed E-state index contributed by atoms with van der Waals surface area (Å²) in [4.78, 5) is 0. The van der Waals surface area contributed by atoms with Gasteiger partial charge in [0.15, 0.2) is 0 Å². The number of nitrogens with two attached hydrogens (primary N) is 1. The zero-order valence-corrected chi connectivity index (χ0v) is 11.7. The largest absolute Gasteiger partial charge is 0.494 e. The summed E-state index contributed by atoms with van der Waals surface area (Å²) in [5, 5.41) is 0. The van der Waals surface area contributed by atoms with Gasteiger partial charge in [-0.1, -0.05) is 12.1 Å². The van der Waals surface area contributed by atoms with E-state index >= 15 is 0 Å². The molecule has 0 amide bonds. The van der Waals surface area contributed by atoms with Crippen LogP contribution < -0.4 is 10.5 Å². The van der Waals surface area contributed by atoms with Crippen molar-refractivity contribution in [3.8, 4) is 5.75 Å². The normalized spacial score (nSPS) is 17.8. The van der Waals surface area contributed by atoms with Crippen LogP contribution in [-0.2, 0) is 6.42 Å². The van der Waals surface area contributed by atoms with Crippen molar-refractivity contribution in [1.82, 2.24) is 0 Å². The van der Waals surface area contributed by atoms with Crippen LogP contribution in [0.5, 0.6) is 5.75 Å². The monoisotopic (exact) mass is 259 g/mol. The Labute approximate surface area is 116 Å². The predicted octanol–water partition coefficient (Wildman–Crippen LogP) is 4.15. The van der Waals surface area contributed by atoms with Crippen molar-refractivity contribution in [1.29, 1.82) is 0 Å². The van der Waals surface area contributed by atoms with Gasteiger partial charge < -0.3 is 10.5 Å². The zero-order valence-electron chi connectivity index (χ0n) is 11.7. The van der Waals surface area contributed by atoms with Gasteiger partial charge in [0.1, 0.15) is 5.75 Å². The molecule has 1 aliphatic carbocycles. The van der Waals surface area contributed by atoms with E-state index in [-0.39, 0.29) is 6.04 Å². The van der Waals surface area contributed by atoms with E-state index in [0.29, 0.717) is 0 Å². The van der Waals surface area contributed by atoms with Crippen molar-refractivity contribution in [2.24, 2.45) is 5.73 Å². The molecule has 0 heterocycles. The molecule has 0 spiro atoms. The summed E-state index contributed by atoms with van der Waals surface area (Å²) < 4.78 is 5.82. The molecule has 104 valence electrons. The molecule has 0 saturated heterocycles. The molecule has 1 unspecified atom stereocenters. The van der Waals surface area contributed by atoms with Crippen molar-refractivity contribution in [2.75, 3.05) is 6.61 Å². The van der Waals surface area contributed by atoms with Crippen molar-refractivity contribution >= 4 is 0 Å². The number of hydrogen-bond acceptors (Lipinski definition) is 2. The minimum Gasteiger partial charge on any atom is -0.494 e. The van der Waals surface area contributed by atoms with E-state index in [1.165, 1.54) is 30.4 Å². The third kappa shape index (κ3) is 4.10. The number of rotatable bonds is 7. The van der Waals surface area contributed by atoms with Crippen LogP contribution in [0.2, 0.25) is 0 Å². The summed E-state index contributed by atoms with van der Waals surface area (Å²) in [5.41, 5.74) is 8.85. The Morgan fingerprint density at radius 2 is 2.21 bits per heavy atom. The first-order chi connectivity index (χ1) is 9.31. The molecule has 0 aliphatic heterocycles. The Bertz CT molecular complexity index is 414. The SMILES string of the molecule is C=CCCCCCOc1ccc2c(c1)C(N)CCC2. The second-order valence-electron chi connectivity index (χ2n) is 5.35. The smallest absolute Gasteiger partial charge is 0.119 e. The number of hydrogen-bond donors (Lipinski definition) is 1. The lowest BCUT2D eigenvalue weighted by atomic mass is 9.88. The highest BCUT2D eigenvalue weighted by Gasteiger charge is 2.17. The molecule has 0 bridgehead atoms. The molecule has 2 nitrogen and oxygen atoms in total. The van der Waals surface area contributed by atoms with Gasteiger partial charge in [0.05, 0.1) is 6.61 Å². The average Bonchev–Trinajstić information content (AvgIpc) is 2.43. The molecular formula is C17H25NO. The number of unbranched alkanes of at least 4 members (excludes halogenated alkanes) is 3. The lowest BCUT2D eigenvalue weighted by Crippen LogP contribution is -2.17. The summed E-state index contributed by atoms with van der Waals surface area (Å²) in [6, 6.07) is 6.60. The van der Waals surface area contributed by atoms with Crippen LogP contribution >= 0.6 is 0 Å². The van der Waals surface area contributed by atoms with E-state index in [0.717, 1.165) is 38.0 Å². The maximum atomic E-state index is 6.16. The summed E-state index contributed by atoms with van der Waals surface area (Å²) >= 11 is 0. The molecule has 2 heteroatoms. The standard InChI is InChI=1S/C17H25NO/c1-2-3-4-5-6-12-19-15-11-10-14-8-7-9-17(18)16(14)13-15/h2,10-11,13,17H,1,3-9,12,18H2. The van der Waals surface area contributed by atoms with E-state index < -0.39 is 0 Å². The van der Waals surface area contributed by atoms with Crippen molar-refractivity contribution in [2.45, 2.75) is 51.0 Å². The number of allylic oxidation sites excluding steroid dienone is 1. The maximum absolute atomic E-state index is 6.16. The Hall–Kier alpha value is -1.28. The maximum Gasteiger partial charge on any atom is 0.119 e. The third-order valence-electron chi connectivity index (χ3n) is 3.80. The van der Waals surface area contributed by atoms with Crippen molar-refractivity contribution in [3.05, 3.63) is 42.0 Å². The lowest BCUT2D eigenvalue weighted by molar-refractivity contribution is 0.304. The highest BCUT2D eigenvalue weighted by atomic mass is 16.5. The molecule has 0 saturated carbocycles.